The van der Waals surface area contributed by atoms with Crippen LogP contribution in [0, 0.1) is 17.2 Å². The van der Waals surface area contributed by atoms with E-state index in [4.69, 9.17) is 4.74 Å². The van der Waals surface area contributed by atoms with Gasteiger partial charge in [0.25, 0.3) is 0 Å². The summed E-state index contributed by atoms with van der Waals surface area (Å²) in [6, 6.07) is 9.16. The second kappa shape index (κ2) is 9.78. The van der Waals surface area contributed by atoms with Crippen LogP contribution in [0.3, 0.4) is 0 Å². The van der Waals surface area contributed by atoms with Crippen molar-refractivity contribution in [3.8, 4) is 11.8 Å². The Balaban J connectivity index is 2.58. The molecule has 0 bridgehead atoms. The molecule has 142 valence electrons. The number of hydrogen-bond donors (Lipinski definition) is 2. The van der Waals surface area contributed by atoms with E-state index in [1.807, 2.05) is 20.8 Å². The van der Waals surface area contributed by atoms with Crippen molar-refractivity contribution < 1.29 is 14.3 Å². The molecule has 0 saturated heterocycles. The molecule has 0 aliphatic heterocycles. The van der Waals surface area contributed by atoms with Crippen LogP contribution in [0.2, 0.25) is 0 Å². The van der Waals surface area contributed by atoms with Gasteiger partial charge >= 0.3 is 0 Å². The summed E-state index contributed by atoms with van der Waals surface area (Å²) in [4.78, 5) is 26.2. The van der Waals surface area contributed by atoms with Crippen LogP contribution >= 0.6 is 0 Å². The summed E-state index contributed by atoms with van der Waals surface area (Å²) in [6.07, 6.45) is 0. The van der Waals surface area contributed by atoms with Crippen molar-refractivity contribution in [2.45, 2.75) is 33.2 Å². The van der Waals surface area contributed by atoms with E-state index in [-0.39, 0.29) is 30.8 Å². The van der Waals surface area contributed by atoms with Gasteiger partial charge in [-0.3, -0.25) is 14.5 Å². The molecular weight excluding hydrogens is 332 g/mol. The highest BCUT2D eigenvalue weighted by Crippen LogP contribution is 2.16. The number of carbonyl (C=O) groups is 2. The van der Waals surface area contributed by atoms with E-state index in [2.05, 4.69) is 16.7 Å². The zero-order valence-corrected chi connectivity index (χ0v) is 16.1. The van der Waals surface area contributed by atoms with Gasteiger partial charge in [0.1, 0.15) is 11.3 Å². The average molecular weight is 360 g/mol. The minimum atomic E-state index is -0.929. The molecule has 2 amide bonds. The lowest BCUT2D eigenvalue weighted by atomic mass is 9.90. The van der Waals surface area contributed by atoms with E-state index in [0.29, 0.717) is 18.0 Å². The van der Waals surface area contributed by atoms with Crippen LogP contribution < -0.4 is 15.4 Å². The topological polar surface area (TPSA) is 94.5 Å². The molecular formula is C19H28N4O3. The average Bonchev–Trinajstić information content (AvgIpc) is 2.61. The van der Waals surface area contributed by atoms with Gasteiger partial charge in [0, 0.05) is 5.69 Å². The minimum Gasteiger partial charge on any atom is -0.497 e. The molecule has 0 heterocycles. The number of nitrogens with zero attached hydrogens (tertiary/aromatic N) is 2. The van der Waals surface area contributed by atoms with Crippen molar-refractivity contribution in [3.63, 3.8) is 0 Å². The van der Waals surface area contributed by atoms with Crippen LogP contribution in [-0.4, -0.2) is 49.0 Å². The number of methoxy groups -OCH3 is 1. The van der Waals surface area contributed by atoms with Crippen LogP contribution in [0.25, 0.3) is 0 Å². The number of amides is 2. The second-order valence-corrected chi connectivity index (χ2v) is 6.60. The fraction of sp³-hybridized carbons (Fsp3) is 0.526. The Kier molecular flexibility index (Phi) is 8.07. The first kappa shape index (κ1) is 21.5. The third-order valence-corrected chi connectivity index (χ3v) is 4.34. The van der Waals surface area contributed by atoms with Crippen molar-refractivity contribution in [3.05, 3.63) is 24.3 Å². The number of carbonyl (C=O) groups excluding carboxylic acids is 2. The second-order valence-electron chi connectivity index (χ2n) is 6.60. The zero-order chi connectivity index (χ0) is 19.7. The lowest BCUT2D eigenvalue weighted by Crippen LogP contribution is -2.52. The predicted octanol–water partition coefficient (Wildman–Crippen LogP) is 2.01. The fourth-order valence-corrected chi connectivity index (χ4v) is 2.19. The molecule has 0 unspecified atom stereocenters. The monoisotopic (exact) mass is 360 g/mol. The van der Waals surface area contributed by atoms with Crippen LogP contribution in [0.4, 0.5) is 5.69 Å². The third-order valence-electron chi connectivity index (χ3n) is 4.34. The van der Waals surface area contributed by atoms with E-state index >= 15 is 0 Å². The van der Waals surface area contributed by atoms with Crippen molar-refractivity contribution in [2.24, 2.45) is 5.92 Å². The van der Waals surface area contributed by atoms with Gasteiger partial charge in [-0.15, -0.1) is 0 Å². The molecule has 7 nitrogen and oxygen atoms in total. The van der Waals surface area contributed by atoms with Crippen LogP contribution in [-0.2, 0) is 9.59 Å². The van der Waals surface area contributed by atoms with Gasteiger partial charge in [-0.1, -0.05) is 20.8 Å². The number of benzene rings is 1. The Morgan fingerprint density at radius 1 is 1.23 bits per heavy atom. The number of ether oxygens (including phenoxy) is 1. The lowest BCUT2D eigenvalue weighted by Gasteiger charge is -2.29. The fourth-order valence-electron chi connectivity index (χ4n) is 2.19. The summed E-state index contributed by atoms with van der Waals surface area (Å²) in [6.45, 7) is 8.00. The normalized spacial score (nSPS) is 13.0. The molecule has 2 N–H and O–H groups in total. The number of likely N-dealkylation sites (N-methyl/N-ethyl adjacent to an activating group) is 1. The molecule has 0 aliphatic rings. The third kappa shape index (κ3) is 6.37. The molecule has 1 aromatic carbocycles. The van der Waals surface area contributed by atoms with Crippen molar-refractivity contribution >= 4 is 17.5 Å². The van der Waals surface area contributed by atoms with Crippen molar-refractivity contribution in [1.82, 2.24) is 10.2 Å². The van der Waals surface area contributed by atoms with Crippen LogP contribution in [0.15, 0.2) is 24.3 Å². The zero-order valence-electron chi connectivity index (χ0n) is 16.1. The summed E-state index contributed by atoms with van der Waals surface area (Å²) < 4.78 is 5.08. The summed E-state index contributed by atoms with van der Waals surface area (Å²) >= 11 is 0. The molecule has 0 fully saturated rings. The van der Waals surface area contributed by atoms with Crippen molar-refractivity contribution in [1.29, 1.82) is 5.26 Å². The van der Waals surface area contributed by atoms with Gasteiger partial charge < -0.3 is 15.4 Å². The van der Waals surface area contributed by atoms with Gasteiger partial charge in [-0.25, -0.2) is 0 Å². The molecule has 0 spiro atoms. The van der Waals surface area contributed by atoms with Gasteiger partial charge in [0.2, 0.25) is 11.8 Å². The van der Waals surface area contributed by atoms with Gasteiger partial charge in [0.05, 0.1) is 26.3 Å². The highest BCUT2D eigenvalue weighted by atomic mass is 16.5. The first-order chi connectivity index (χ1) is 12.2. The van der Waals surface area contributed by atoms with Gasteiger partial charge in [-0.2, -0.15) is 5.26 Å². The quantitative estimate of drug-likeness (QED) is 0.702. The summed E-state index contributed by atoms with van der Waals surface area (Å²) in [5.41, 5.74) is -0.268. The summed E-state index contributed by atoms with van der Waals surface area (Å²) in [7, 11) is 1.58. The Morgan fingerprint density at radius 2 is 1.81 bits per heavy atom. The predicted molar refractivity (Wildman–Crippen MR) is 101 cm³/mol. The SMILES string of the molecule is CCN(CC(=O)Nc1ccc(OC)cc1)CC(=O)N[C@](C)(C#N)C(C)C. The van der Waals surface area contributed by atoms with E-state index in [1.165, 1.54) is 0 Å². The van der Waals surface area contributed by atoms with E-state index in [0.717, 1.165) is 0 Å². The number of hydrogen-bond acceptors (Lipinski definition) is 5. The maximum Gasteiger partial charge on any atom is 0.238 e. The summed E-state index contributed by atoms with van der Waals surface area (Å²) in [5.74, 6) is 0.198. The maximum atomic E-state index is 12.3. The minimum absolute atomic E-state index is 0.0232. The molecule has 1 aromatic rings. The Bertz CT molecular complexity index is 652. The lowest BCUT2D eigenvalue weighted by molar-refractivity contribution is -0.124. The van der Waals surface area contributed by atoms with Crippen LogP contribution in [0.5, 0.6) is 5.75 Å². The summed E-state index contributed by atoms with van der Waals surface area (Å²) in [5, 5.41) is 14.8. The van der Waals surface area contributed by atoms with Gasteiger partial charge in [0.15, 0.2) is 0 Å². The van der Waals surface area contributed by atoms with E-state index < -0.39 is 5.54 Å². The van der Waals surface area contributed by atoms with Gasteiger partial charge in [-0.05, 0) is 43.7 Å². The standard InChI is InChI=1S/C19H28N4O3/c1-6-23(12-18(25)22-19(4,13-20)14(2)3)11-17(24)21-15-7-9-16(26-5)10-8-15/h7-10,14H,6,11-12H2,1-5H3,(H,21,24)(H,22,25)/t19-/m1/s1. The van der Waals surface area contributed by atoms with E-state index in [9.17, 15) is 14.9 Å². The largest absolute Gasteiger partial charge is 0.497 e. The molecule has 0 radical (unpaired) electrons. The molecule has 0 aromatic heterocycles. The highest BCUT2D eigenvalue weighted by molar-refractivity contribution is 5.92. The van der Waals surface area contributed by atoms with Crippen molar-refractivity contribution in [2.75, 3.05) is 32.1 Å². The molecule has 0 aliphatic carbocycles. The maximum absolute atomic E-state index is 12.3. The first-order valence-electron chi connectivity index (χ1n) is 8.62. The highest BCUT2D eigenvalue weighted by Gasteiger charge is 2.30. The Morgan fingerprint density at radius 3 is 2.27 bits per heavy atom. The number of nitrogens with one attached hydrogen (secondary N) is 2. The molecule has 7 heteroatoms. The van der Waals surface area contributed by atoms with Crippen LogP contribution in [0.1, 0.15) is 27.7 Å². The number of rotatable bonds is 9. The molecule has 1 rings (SSSR count). The Labute approximate surface area is 155 Å². The molecule has 1 atom stereocenters. The number of nitriles is 1. The smallest absolute Gasteiger partial charge is 0.238 e. The number of anilines is 1. The van der Waals surface area contributed by atoms with E-state index in [1.54, 1.807) is 43.2 Å². The Hall–Kier alpha value is -2.59. The molecule has 26 heavy (non-hydrogen) atoms. The molecule has 0 saturated carbocycles. The first-order valence-corrected chi connectivity index (χ1v) is 8.62.